The van der Waals surface area contributed by atoms with E-state index < -0.39 is 0 Å². The van der Waals surface area contributed by atoms with Crippen LogP contribution in [-0.4, -0.2) is 37.1 Å². The van der Waals surface area contributed by atoms with Gasteiger partial charge < -0.3 is 9.64 Å². The Morgan fingerprint density at radius 3 is 2.00 bits per heavy atom. The third-order valence-electron chi connectivity index (χ3n) is 5.37. The zero-order valence-corrected chi connectivity index (χ0v) is 15.2. The molecule has 0 aromatic heterocycles. The van der Waals surface area contributed by atoms with Gasteiger partial charge >= 0.3 is 5.97 Å². The Balaban J connectivity index is 1.73. The first kappa shape index (κ1) is 17.7. The van der Waals surface area contributed by atoms with Crippen molar-refractivity contribution in [1.82, 2.24) is 4.90 Å². The molecule has 1 aliphatic rings. The van der Waals surface area contributed by atoms with Crippen molar-refractivity contribution in [2.24, 2.45) is 5.92 Å². The van der Waals surface area contributed by atoms with E-state index in [-0.39, 0.29) is 17.3 Å². The fourth-order valence-electron chi connectivity index (χ4n) is 3.74. The molecule has 1 saturated carbocycles. The predicted octanol–water partition coefficient (Wildman–Crippen LogP) is 3.88. The van der Waals surface area contributed by atoms with E-state index in [0.717, 1.165) is 26.1 Å². The third-order valence-corrected chi connectivity index (χ3v) is 5.37. The lowest BCUT2D eigenvalue weighted by atomic mass is 9.86. The SMILES string of the molecule is CCN(CC)CCOC(=O)C1CC1(c1ccccc1)c1ccccc1. The van der Waals surface area contributed by atoms with Gasteiger partial charge in [-0.15, -0.1) is 0 Å². The monoisotopic (exact) mass is 337 g/mol. The van der Waals surface area contributed by atoms with Crippen LogP contribution >= 0.6 is 0 Å². The quantitative estimate of drug-likeness (QED) is 0.685. The second-order valence-electron chi connectivity index (χ2n) is 6.65. The molecule has 0 amide bonds. The molecule has 3 nitrogen and oxygen atoms in total. The average molecular weight is 337 g/mol. The Morgan fingerprint density at radius 2 is 1.52 bits per heavy atom. The van der Waals surface area contributed by atoms with E-state index in [0.29, 0.717) is 6.61 Å². The zero-order chi connectivity index (χ0) is 17.7. The van der Waals surface area contributed by atoms with Crippen molar-refractivity contribution < 1.29 is 9.53 Å². The topological polar surface area (TPSA) is 29.5 Å². The number of esters is 1. The fraction of sp³-hybridized carbons (Fsp3) is 0.409. The number of nitrogens with zero attached hydrogens (tertiary/aromatic N) is 1. The fourth-order valence-corrected chi connectivity index (χ4v) is 3.74. The molecule has 25 heavy (non-hydrogen) atoms. The lowest BCUT2D eigenvalue weighted by Gasteiger charge is -2.20. The first-order valence-electron chi connectivity index (χ1n) is 9.22. The number of ether oxygens (including phenoxy) is 1. The Morgan fingerprint density at radius 1 is 1.00 bits per heavy atom. The van der Waals surface area contributed by atoms with Crippen molar-refractivity contribution in [3.8, 4) is 0 Å². The van der Waals surface area contributed by atoms with Crippen LogP contribution in [0.2, 0.25) is 0 Å². The van der Waals surface area contributed by atoms with Crippen molar-refractivity contribution in [3.63, 3.8) is 0 Å². The van der Waals surface area contributed by atoms with Crippen molar-refractivity contribution >= 4 is 5.97 Å². The summed E-state index contributed by atoms with van der Waals surface area (Å²) >= 11 is 0. The minimum Gasteiger partial charge on any atom is -0.464 e. The molecule has 0 radical (unpaired) electrons. The lowest BCUT2D eigenvalue weighted by molar-refractivity contribution is -0.146. The van der Waals surface area contributed by atoms with Crippen LogP contribution in [0.15, 0.2) is 60.7 Å². The number of rotatable bonds is 8. The first-order chi connectivity index (χ1) is 12.2. The molecule has 0 heterocycles. The summed E-state index contributed by atoms with van der Waals surface area (Å²) in [6, 6.07) is 20.7. The Kier molecular flexibility index (Phi) is 5.54. The summed E-state index contributed by atoms with van der Waals surface area (Å²) in [5.74, 6) is -0.158. The van der Waals surface area contributed by atoms with Crippen molar-refractivity contribution in [2.75, 3.05) is 26.2 Å². The normalized spacial score (nSPS) is 18.1. The van der Waals surface area contributed by atoms with Crippen LogP contribution in [-0.2, 0) is 14.9 Å². The van der Waals surface area contributed by atoms with Crippen molar-refractivity contribution in [3.05, 3.63) is 71.8 Å². The number of carbonyl (C=O) groups excluding carboxylic acids is 1. The molecule has 0 spiro atoms. The largest absolute Gasteiger partial charge is 0.464 e. The maximum atomic E-state index is 12.7. The van der Waals surface area contributed by atoms with Crippen molar-refractivity contribution in [2.45, 2.75) is 25.7 Å². The molecular weight excluding hydrogens is 310 g/mol. The van der Waals surface area contributed by atoms with E-state index in [1.165, 1.54) is 11.1 Å². The number of likely N-dealkylation sites (N-methyl/N-ethyl adjacent to an activating group) is 1. The summed E-state index contributed by atoms with van der Waals surface area (Å²) in [7, 11) is 0. The van der Waals surface area contributed by atoms with Crippen LogP contribution in [0.3, 0.4) is 0 Å². The van der Waals surface area contributed by atoms with Crippen LogP contribution < -0.4 is 0 Å². The summed E-state index contributed by atoms with van der Waals surface area (Å²) in [4.78, 5) is 15.0. The van der Waals surface area contributed by atoms with Crippen LogP contribution in [0.5, 0.6) is 0 Å². The van der Waals surface area contributed by atoms with E-state index in [1.807, 2.05) is 36.4 Å². The van der Waals surface area contributed by atoms with E-state index in [1.54, 1.807) is 0 Å². The van der Waals surface area contributed by atoms with Crippen LogP contribution in [0.1, 0.15) is 31.4 Å². The summed E-state index contributed by atoms with van der Waals surface area (Å²) < 4.78 is 5.62. The second kappa shape index (κ2) is 7.83. The van der Waals surface area contributed by atoms with Gasteiger partial charge in [-0.1, -0.05) is 74.5 Å². The van der Waals surface area contributed by atoms with Gasteiger partial charge in [0.2, 0.25) is 0 Å². The molecule has 1 fully saturated rings. The molecule has 1 atom stereocenters. The Labute approximate surface area is 150 Å². The summed E-state index contributed by atoms with van der Waals surface area (Å²) in [6.45, 7) is 7.49. The van der Waals surface area contributed by atoms with E-state index in [2.05, 4.69) is 43.0 Å². The molecule has 1 aliphatic carbocycles. The molecule has 3 heteroatoms. The zero-order valence-electron chi connectivity index (χ0n) is 15.2. The first-order valence-corrected chi connectivity index (χ1v) is 9.22. The molecule has 2 aromatic carbocycles. The standard InChI is InChI=1S/C22H27NO2/c1-3-23(4-2)15-16-25-21(24)20-17-22(20,18-11-7-5-8-12-18)19-13-9-6-10-14-19/h5-14,20H,3-4,15-17H2,1-2H3. The number of hydrogen-bond acceptors (Lipinski definition) is 3. The van der Waals surface area contributed by atoms with E-state index in [4.69, 9.17) is 4.74 Å². The Hall–Kier alpha value is -2.13. The maximum Gasteiger partial charge on any atom is 0.310 e. The third kappa shape index (κ3) is 3.62. The molecular formula is C22H27NO2. The molecule has 0 aliphatic heterocycles. The van der Waals surface area contributed by atoms with Gasteiger partial charge in [0, 0.05) is 12.0 Å². The number of benzene rings is 2. The van der Waals surface area contributed by atoms with E-state index in [9.17, 15) is 4.79 Å². The highest BCUT2D eigenvalue weighted by Gasteiger charge is 2.61. The van der Waals surface area contributed by atoms with E-state index >= 15 is 0 Å². The van der Waals surface area contributed by atoms with Gasteiger partial charge in [0.1, 0.15) is 6.61 Å². The minimum atomic E-state index is -0.227. The smallest absolute Gasteiger partial charge is 0.310 e. The highest BCUT2D eigenvalue weighted by Crippen LogP contribution is 2.59. The van der Waals surface area contributed by atoms with Crippen LogP contribution in [0, 0.1) is 5.92 Å². The number of carbonyl (C=O) groups is 1. The van der Waals surface area contributed by atoms with Gasteiger partial charge in [0.25, 0.3) is 0 Å². The molecule has 0 saturated heterocycles. The van der Waals surface area contributed by atoms with Gasteiger partial charge in [0.15, 0.2) is 0 Å². The van der Waals surface area contributed by atoms with Gasteiger partial charge in [-0.05, 0) is 30.6 Å². The van der Waals surface area contributed by atoms with Crippen molar-refractivity contribution in [1.29, 1.82) is 0 Å². The predicted molar refractivity (Wildman–Crippen MR) is 101 cm³/mol. The van der Waals surface area contributed by atoms with Crippen LogP contribution in [0.25, 0.3) is 0 Å². The highest BCUT2D eigenvalue weighted by atomic mass is 16.5. The molecule has 132 valence electrons. The number of hydrogen-bond donors (Lipinski definition) is 0. The Bertz CT molecular complexity index is 640. The summed E-state index contributed by atoms with van der Waals surface area (Å²) in [5, 5.41) is 0. The van der Waals surface area contributed by atoms with Gasteiger partial charge in [-0.2, -0.15) is 0 Å². The summed E-state index contributed by atoms with van der Waals surface area (Å²) in [5.41, 5.74) is 2.17. The molecule has 0 N–H and O–H groups in total. The van der Waals surface area contributed by atoms with Gasteiger partial charge in [0.05, 0.1) is 5.92 Å². The second-order valence-corrected chi connectivity index (χ2v) is 6.65. The average Bonchev–Trinajstić information content (AvgIpc) is 3.44. The molecule has 2 aromatic rings. The summed E-state index contributed by atoms with van der Waals surface area (Å²) in [6.07, 6.45) is 0.825. The molecule has 0 bridgehead atoms. The lowest BCUT2D eigenvalue weighted by Crippen LogP contribution is -2.28. The van der Waals surface area contributed by atoms with Gasteiger partial charge in [-0.25, -0.2) is 0 Å². The minimum absolute atomic E-state index is 0.0696. The highest BCUT2D eigenvalue weighted by molar-refractivity contribution is 5.81. The van der Waals surface area contributed by atoms with Gasteiger partial charge in [-0.3, -0.25) is 4.79 Å². The molecule has 3 rings (SSSR count). The van der Waals surface area contributed by atoms with Crippen LogP contribution in [0.4, 0.5) is 0 Å². The maximum absolute atomic E-state index is 12.7. The molecule has 1 unspecified atom stereocenters.